The molecule has 0 aromatic heterocycles. The first kappa shape index (κ1) is 20.1. The first-order valence-corrected chi connectivity index (χ1v) is 8.73. The smallest absolute Gasteiger partial charge is 0.265 e. The third-order valence-corrected chi connectivity index (χ3v) is 5.11. The molecule has 0 saturated carbocycles. The van der Waals surface area contributed by atoms with Gasteiger partial charge in [-0.2, -0.15) is 0 Å². The van der Waals surface area contributed by atoms with Crippen molar-refractivity contribution in [2.75, 3.05) is 0 Å². The van der Waals surface area contributed by atoms with E-state index in [2.05, 4.69) is 0 Å². The first-order valence-electron chi connectivity index (χ1n) is 6.87. The molecule has 4 nitrogen and oxygen atoms in total. The summed E-state index contributed by atoms with van der Waals surface area (Å²) in [4.78, 5) is 10.5. The van der Waals surface area contributed by atoms with Gasteiger partial charge in [0.15, 0.2) is 23.3 Å². The lowest BCUT2D eigenvalue weighted by atomic mass is 10.0. The Morgan fingerprint density at radius 2 is 1.58 bits per heavy atom. The third-order valence-electron chi connectivity index (χ3n) is 3.27. The molecule has 0 bridgehead atoms. The van der Waals surface area contributed by atoms with Crippen LogP contribution in [-0.4, -0.2) is 14.3 Å². The van der Waals surface area contributed by atoms with Crippen molar-refractivity contribution < 1.29 is 35.2 Å². The molecule has 140 valence electrons. The van der Waals surface area contributed by atoms with Crippen LogP contribution >= 0.6 is 11.6 Å². The summed E-state index contributed by atoms with van der Waals surface area (Å²) >= 11 is 5.66. The van der Waals surface area contributed by atoms with Crippen LogP contribution in [0.1, 0.15) is 13.3 Å². The summed E-state index contributed by atoms with van der Waals surface area (Å²) in [5.74, 6) is -10.3. The van der Waals surface area contributed by atoms with Crippen molar-refractivity contribution in [3.05, 3.63) is 52.3 Å². The molecule has 1 amide bonds. The summed E-state index contributed by atoms with van der Waals surface area (Å²) in [5.41, 5.74) is -1.96. The lowest BCUT2D eigenvalue weighted by Crippen LogP contribution is -2.30. The van der Waals surface area contributed by atoms with Gasteiger partial charge in [0.1, 0.15) is 10.7 Å². The molecule has 0 atom stereocenters. The fourth-order valence-corrected chi connectivity index (χ4v) is 3.59. The number of halogens is 6. The van der Waals surface area contributed by atoms with Crippen molar-refractivity contribution in [3.63, 3.8) is 0 Å². The van der Waals surface area contributed by atoms with Gasteiger partial charge in [0.25, 0.3) is 10.0 Å². The highest BCUT2D eigenvalue weighted by molar-refractivity contribution is 7.90. The van der Waals surface area contributed by atoms with Crippen LogP contribution in [0, 0.1) is 29.1 Å². The van der Waals surface area contributed by atoms with Gasteiger partial charge in [0, 0.05) is 17.5 Å². The Kier molecular flexibility index (Phi) is 5.57. The molecule has 0 radical (unpaired) electrons. The fraction of sp³-hybridized carbons (Fsp3) is 0.133. The van der Waals surface area contributed by atoms with Crippen LogP contribution in [0.5, 0.6) is 0 Å². The van der Waals surface area contributed by atoms with Gasteiger partial charge in [-0.15, -0.1) is 0 Å². The van der Waals surface area contributed by atoms with Crippen molar-refractivity contribution in [2.45, 2.75) is 18.2 Å². The largest absolute Gasteiger partial charge is 0.274 e. The van der Waals surface area contributed by atoms with E-state index in [0.717, 1.165) is 0 Å². The number of carbonyl (C=O) groups is 1. The van der Waals surface area contributed by atoms with Crippen molar-refractivity contribution in [2.24, 2.45) is 0 Å². The molecule has 0 spiro atoms. The highest BCUT2D eigenvalue weighted by Crippen LogP contribution is 2.34. The molecule has 0 unspecified atom stereocenters. The Hall–Kier alpha value is -2.20. The highest BCUT2D eigenvalue weighted by atomic mass is 35.5. The van der Waals surface area contributed by atoms with Gasteiger partial charge in [-0.25, -0.2) is 35.1 Å². The lowest BCUT2D eigenvalue weighted by molar-refractivity contribution is -0.119. The molecule has 1 N–H and O–H groups in total. The molecule has 2 aromatic carbocycles. The standard InChI is InChI=1S/C15H9ClF5NO3S/c1-2-12(23)22-26(24,25)11-4-6(9(17)5-8(11)16)7-3-10(18)14(20)15(21)13(7)19/h3-5H,2H2,1H3,(H,22,23). The Labute approximate surface area is 149 Å². The van der Waals surface area contributed by atoms with Crippen molar-refractivity contribution in [3.8, 4) is 11.1 Å². The second kappa shape index (κ2) is 7.20. The minimum Gasteiger partial charge on any atom is -0.274 e. The van der Waals surface area contributed by atoms with Crippen molar-refractivity contribution in [1.29, 1.82) is 0 Å². The quantitative estimate of drug-likeness (QED) is 0.469. The number of nitrogens with one attached hydrogen (secondary N) is 1. The van der Waals surface area contributed by atoms with Gasteiger partial charge in [0.2, 0.25) is 5.91 Å². The first-order chi connectivity index (χ1) is 12.0. The Bertz CT molecular complexity index is 1010. The maximum atomic E-state index is 14.1. The van der Waals surface area contributed by atoms with E-state index in [9.17, 15) is 35.2 Å². The molecule has 26 heavy (non-hydrogen) atoms. The number of hydrogen-bond acceptors (Lipinski definition) is 3. The van der Waals surface area contributed by atoms with Crippen molar-refractivity contribution in [1.82, 2.24) is 4.72 Å². The topological polar surface area (TPSA) is 63.2 Å². The van der Waals surface area contributed by atoms with Crippen LogP contribution in [0.25, 0.3) is 11.1 Å². The van der Waals surface area contributed by atoms with E-state index in [1.165, 1.54) is 6.92 Å². The highest BCUT2D eigenvalue weighted by Gasteiger charge is 2.26. The summed E-state index contributed by atoms with van der Waals surface area (Å²) in [5, 5.41) is -0.661. The number of carbonyl (C=O) groups excluding carboxylic acids is 1. The van der Waals surface area contributed by atoms with Crippen LogP contribution < -0.4 is 4.72 Å². The molecular weight excluding hydrogens is 405 g/mol. The Balaban J connectivity index is 2.73. The van der Waals surface area contributed by atoms with Crippen LogP contribution in [0.4, 0.5) is 22.0 Å². The fourth-order valence-electron chi connectivity index (χ4n) is 1.99. The summed E-state index contributed by atoms with van der Waals surface area (Å²) in [6, 6.07) is 1.11. The molecule has 2 aromatic rings. The van der Waals surface area contributed by atoms with E-state index < -0.39 is 66.1 Å². The Morgan fingerprint density at radius 3 is 2.15 bits per heavy atom. The van der Waals surface area contributed by atoms with Crippen LogP contribution in [0.3, 0.4) is 0 Å². The van der Waals surface area contributed by atoms with Crippen molar-refractivity contribution >= 4 is 27.5 Å². The summed E-state index contributed by atoms with van der Waals surface area (Å²) in [6.45, 7) is 1.36. The average Bonchev–Trinajstić information content (AvgIpc) is 2.56. The van der Waals surface area contributed by atoms with Crippen LogP contribution in [0.15, 0.2) is 23.1 Å². The summed E-state index contributed by atoms with van der Waals surface area (Å²) in [7, 11) is -4.57. The molecule has 2 rings (SSSR count). The molecule has 0 fully saturated rings. The minimum atomic E-state index is -4.57. The second-order valence-electron chi connectivity index (χ2n) is 4.99. The lowest BCUT2D eigenvalue weighted by Gasteiger charge is -2.12. The molecule has 0 aliphatic rings. The molecule has 11 heteroatoms. The minimum absolute atomic E-state index is 0.168. The molecule has 0 heterocycles. The van der Waals surface area contributed by atoms with E-state index in [1.807, 2.05) is 0 Å². The van der Waals surface area contributed by atoms with Gasteiger partial charge in [-0.1, -0.05) is 18.5 Å². The van der Waals surface area contributed by atoms with E-state index in [-0.39, 0.29) is 12.5 Å². The van der Waals surface area contributed by atoms with Gasteiger partial charge < -0.3 is 0 Å². The zero-order valence-corrected chi connectivity index (χ0v) is 14.4. The molecule has 0 aliphatic carbocycles. The van der Waals surface area contributed by atoms with E-state index in [1.54, 1.807) is 4.72 Å². The SMILES string of the molecule is CCC(=O)NS(=O)(=O)c1cc(-c2cc(F)c(F)c(F)c2F)c(F)cc1Cl. The zero-order valence-electron chi connectivity index (χ0n) is 12.8. The van der Waals surface area contributed by atoms with E-state index in [4.69, 9.17) is 11.6 Å². The maximum absolute atomic E-state index is 14.1. The van der Waals surface area contributed by atoms with Crippen LogP contribution in [-0.2, 0) is 14.8 Å². The summed E-state index contributed by atoms with van der Waals surface area (Å²) in [6.07, 6.45) is -0.200. The van der Waals surface area contributed by atoms with E-state index in [0.29, 0.717) is 12.1 Å². The Morgan fingerprint density at radius 1 is 0.962 bits per heavy atom. The monoisotopic (exact) mass is 413 g/mol. The predicted molar refractivity (Wildman–Crippen MR) is 82.3 cm³/mol. The third kappa shape index (κ3) is 3.65. The number of rotatable bonds is 4. The van der Waals surface area contributed by atoms with Crippen LogP contribution in [0.2, 0.25) is 5.02 Å². The number of sulfonamides is 1. The van der Waals surface area contributed by atoms with Gasteiger partial charge in [-0.3, -0.25) is 4.79 Å². The predicted octanol–water partition coefficient (Wildman–Crippen LogP) is 3.92. The number of hydrogen-bond donors (Lipinski definition) is 1. The van der Waals surface area contributed by atoms with Gasteiger partial charge in [0.05, 0.1) is 5.02 Å². The van der Waals surface area contributed by atoms with Gasteiger partial charge >= 0.3 is 0 Å². The summed E-state index contributed by atoms with van der Waals surface area (Å²) < 4.78 is 93.7. The molecular formula is C15H9ClF5NO3S. The van der Waals surface area contributed by atoms with E-state index >= 15 is 0 Å². The van der Waals surface area contributed by atoms with Gasteiger partial charge in [-0.05, 0) is 18.2 Å². The second-order valence-corrected chi connectivity index (χ2v) is 7.05. The maximum Gasteiger partial charge on any atom is 0.265 e. The molecule has 0 saturated heterocycles. The number of benzene rings is 2. The average molecular weight is 414 g/mol. The normalized spacial score (nSPS) is 11.5. The number of amides is 1. The molecule has 0 aliphatic heterocycles. The zero-order chi connectivity index (χ0) is 19.8.